The van der Waals surface area contributed by atoms with Crippen molar-refractivity contribution in [3.05, 3.63) is 43.5 Å². The molecule has 0 aliphatic heterocycles. The summed E-state index contributed by atoms with van der Waals surface area (Å²) in [5.74, 6) is 0.915. The summed E-state index contributed by atoms with van der Waals surface area (Å²) in [4.78, 5) is 1.27. The quantitative estimate of drug-likeness (QED) is 0.615. The number of benzene rings is 1. The maximum absolute atomic E-state index is 5.83. The summed E-state index contributed by atoms with van der Waals surface area (Å²) in [7, 11) is 0. The number of thiophene rings is 1. The molecule has 0 fully saturated rings. The van der Waals surface area contributed by atoms with Crippen LogP contribution in [0.15, 0.2) is 38.6 Å². The Balaban J connectivity index is 1.97. The van der Waals surface area contributed by atoms with Gasteiger partial charge in [-0.25, -0.2) is 0 Å². The van der Waals surface area contributed by atoms with E-state index in [4.69, 9.17) is 4.74 Å². The largest absolute Gasteiger partial charge is 0.491 e. The normalized spacial score (nSPS) is 12.2. The summed E-state index contributed by atoms with van der Waals surface area (Å²) >= 11 is 8.75. The van der Waals surface area contributed by atoms with Crippen molar-refractivity contribution in [2.45, 2.75) is 32.9 Å². The standard InChI is InChI=1S/C15H17Br2NOS/c1-3-10(2)19-12-6-4-5-11(7-12)18-9-13-8-14(16)15(17)20-13/h4-8,10,18H,3,9H2,1-2H3. The van der Waals surface area contributed by atoms with E-state index in [2.05, 4.69) is 63.2 Å². The molecule has 1 heterocycles. The highest BCUT2D eigenvalue weighted by atomic mass is 79.9. The van der Waals surface area contributed by atoms with Crippen LogP contribution in [0.4, 0.5) is 5.69 Å². The molecule has 0 amide bonds. The van der Waals surface area contributed by atoms with Gasteiger partial charge >= 0.3 is 0 Å². The molecule has 2 aromatic rings. The first kappa shape index (κ1) is 15.9. The smallest absolute Gasteiger partial charge is 0.121 e. The van der Waals surface area contributed by atoms with Gasteiger partial charge in [0.05, 0.1) is 9.89 Å². The highest BCUT2D eigenvalue weighted by Crippen LogP contribution is 2.32. The molecule has 20 heavy (non-hydrogen) atoms. The molecule has 0 aliphatic rings. The van der Waals surface area contributed by atoms with Gasteiger partial charge in [0.1, 0.15) is 5.75 Å². The van der Waals surface area contributed by atoms with Crippen LogP contribution in [0.5, 0.6) is 5.75 Å². The summed E-state index contributed by atoms with van der Waals surface area (Å²) in [5, 5.41) is 3.42. The van der Waals surface area contributed by atoms with E-state index in [1.54, 1.807) is 11.3 Å². The Morgan fingerprint density at radius 3 is 2.75 bits per heavy atom. The Kier molecular flexibility index (Phi) is 5.93. The second-order valence-electron chi connectivity index (χ2n) is 4.55. The van der Waals surface area contributed by atoms with Crippen LogP contribution >= 0.6 is 43.2 Å². The molecule has 2 rings (SSSR count). The number of rotatable bonds is 6. The summed E-state index contributed by atoms with van der Waals surface area (Å²) in [5.41, 5.74) is 1.08. The van der Waals surface area contributed by atoms with Gasteiger partial charge in [-0.3, -0.25) is 0 Å². The summed E-state index contributed by atoms with van der Waals surface area (Å²) in [6, 6.07) is 10.2. The first-order valence-electron chi connectivity index (χ1n) is 6.52. The third kappa shape index (κ3) is 4.50. The summed E-state index contributed by atoms with van der Waals surface area (Å²) in [6.45, 7) is 5.02. The lowest BCUT2D eigenvalue weighted by molar-refractivity contribution is 0.217. The molecule has 0 spiro atoms. The maximum Gasteiger partial charge on any atom is 0.121 e. The Morgan fingerprint density at radius 2 is 2.10 bits per heavy atom. The number of anilines is 1. The predicted molar refractivity (Wildman–Crippen MR) is 93.9 cm³/mol. The second kappa shape index (κ2) is 7.48. The maximum atomic E-state index is 5.83. The van der Waals surface area contributed by atoms with E-state index in [1.807, 2.05) is 18.2 Å². The van der Waals surface area contributed by atoms with E-state index in [9.17, 15) is 0 Å². The first-order valence-corrected chi connectivity index (χ1v) is 8.93. The van der Waals surface area contributed by atoms with Gasteiger partial charge in [-0.05, 0) is 63.4 Å². The van der Waals surface area contributed by atoms with Gasteiger partial charge in [0.15, 0.2) is 0 Å². The number of halogens is 2. The van der Waals surface area contributed by atoms with E-state index in [-0.39, 0.29) is 6.10 Å². The minimum Gasteiger partial charge on any atom is -0.491 e. The lowest BCUT2D eigenvalue weighted by Gasteiger charge is -2.13. The highest BCUT2D eigenvalue weighted by Gasteiger charge is 2.05. The van der Waals surface area contributed by atoms with Crippen molar-refractivity contribution in [3.8, 4) is 5.75 Å². The van der Waals surface area contributed by atoms with Crippen LogP contribution < -0.4 is 10.1 Å². The van der Waals surface area contributed by atoms with Crippen LogP contribution in [0.2, 0.25) is 0 Å². The Bertz CT molecular complexity index is 551. The van der Waals surface area contributed by atoms with Crippen molar-refractivity contribution in [2.24, 2.45) is 0 Å². The number of ether oxygens (including phenoxy) is 1. The fourth-order valence-electron chi connectivity index (χ4n) is 1.66. The number of hydrogen-bond donors (Lipinski definition) is 1. The van der Waals surface area contributed by atoms with Gasteiger partial charge in [-0.15, -0.1) is 11.3 Å². The van der Waals surface area contributed by atoms with Crippen molar-refractivity contribution < 1.29 is 4.74 Å². The molecular weight excluding hydrogens is 402 g/mol. The van der Waals surface area contributed by atoms with Gasteiger partial charge in [0.25, 0.3) is 0 Å². The lowest BCUT2D eigenvalue weighted by Crippen LogP contribution is -2.09. The Morgan fingerprint density at radius 1 is 1.30 bits per heavy atom. The Labute approximate surface area is 140 Å². The number of hydrogen-bond acceptors (Lipinski definition) is 3. The van der Waals surface area contributed by atoms with Crippen LogP contribution in [0.3, 0.4) is 0 Å². The zero-order chi connectivity index (χ0) is 14.5. The topological polar surface area (TPSA) is 21.3 Å². The summed E-state index contributed by atoms with van der Waals surface area (Å²) in [6.07, 6.45) is 1.25. The minimum absolute atomic E-state index is 0.245. The average molecular weight is 419 g/mol. The van der Waals surface area contributed by atoms with Crippen molar-refractivity contribution in [1.82, 2.24) is 0 Å². The van der Waals surface area contributed by atoms with Crippen LogP contribution in [0.25, 0.3) is 0 Å². The predicted octanol–water partition coefficient (Wildman–Crippen LogP) is 6.06. The fourth-order valence-corrected chi connectivity index (χ4v) is 3.78. The van der Waals surface area contributed by atoms with E-state index in [1.165, 1.54) is 4.88 Å². The molecule has 0 radical (unpaired) electrons. The van der Waals surface area contributed by atoms with E-state index >= 15 is 0 Å². The lowest BCUT2D eigenvalue weighted by atomic mass is 10.2. The minimum atomic E-state index is 0.245. The average Bonchev–Trinajstić information content (AvgIpc) is 2.76. The van der Waals surface area contributed by atoms with E-state index in [0.717, 1.165) is 32.7 Å². The van der Waals surface area contributed by atoms with E-state index in [0.29, 0.717) is 0 Å². The second-order valence-corrected chi connectivity index (χ2v) is 7.86. The SMILES string of the molecule is CCC(C)Oc1cccc(NCc2cc(Br)c(Br)s2)c1. The van der Waals surface area contributed by atoms with Crippen LogP contribution in [-0.4, -0.2) is 6.10 Å². The molecule has 0 aliphatic carbocycles. The van der Waals surface area contributed by atoms with Crippen molar-refractivity contribution in [3.63, 3.8) is 0 Å². The van der Waals surface area contributed by atoms with Gasteiger partial charge in [0.2, 0.25) is 0 Å². The molecule has 1 atom stereocenters. The molecule has 1 aromatic carbocycles. The number of nitrogens with one attached hydrogen (secondary N) is 1. The summed E-state index contributed by atoms with van der Waals surface area (Å²) < 4.78 is 8.06. The molecule has 5 heteroatoms. The van der Waals surface area contributed by atoms with Crippen LogP contribution in [0, 0.1) is 0 Å². The molecular formula is C15H17Br2NOS. The van der Waals surface area contributed by atoms with Crippen molar-refractivity contribution in [2.75, 3.05) is 5.32 Å². The van der Waals surface area contributed by atoms with E-state index < -0.39 is 0 Å². The monoisotopic (exact) mass is 417 g/mol. The molecule has 1 N–H and O–H groups in total. The third-order valence-corrected chi connectivity index (χ3v) is 6.17. The first-order chi connectivity index (χ1) is 9.58. The Hall–Kier alpha value is -0.520. The molecule has 2 nitrogen and oxygen atoms in total. The highest BCUT2D eigenvalue weighted by molar-refractivity contribution is 9.13. The van der Waals surface area contributed by atoms with Crippen molar-refractivity contribution in [1.29, 1.82) is 0 Å². The van der Waals surface area contributed by atoms with Gasteiger partial charge < -0.3 is 10.1 Å². The molecule has 0 saturated carbocycles. The zero-order valence-corrected chi connectivity index (χ0v) is 15.4. The van der Waals surface area contributed by atoms with Crippen LogP contribution in [-0.2, 0) is 6.54 Å². The third-order valence-electron chi connectivity index (χ3n) is 2.91. The fraction of sp³-hybridized carbons (Fsp3) is 0.333. The van der Waals surface area contributed by atoms with Crippen LogP contribution in [0.1, 0.15) is 25.1 Å². The molecule has 0 bridgehead atoms. The molecule has 1 aromatic heterocycles. The van der Waals surface area contributed by atoms with Crippen molar-refractivity contribution >= 4 is 48.9 Å². The molecule has 1 unspecified atom stereocenters. The zero-order valence-electron chi connectivity index (χ0n) is 11.5. The van der Waals surface area contributed by atoms with Gasteiger partial charge in [0, 0.05) is 27.6 Å². The molecule has 0 saturated heterocycles. The van der Waals surface area contributed by atoms with Gasteiger partial charge in [-0.2, -0.15) is 0 Å². The van der Waals surface area contributed by atoms with Gasteiger partial charge in [-0.1, -0.05) is 13.0 Å². The molecule has 108 valence electrons.